The molecule has 1 aromatic carbocycles. The largest absolute Gasteiger partial charge is 0.396 e. The molecule has 2 aromatic rings. The van der Waals surface area contributed by atoms with E-state index in [1.54, 1.807) is 0 Å². The van der Waals surface area contributed by atoms with Gasteiger partial charge in [0.25, 0.3) is 0 Å². The zero-order valence-electron chi connectivity index (χ0n) is 14.4. The van der Waals surface area contributed by atoms with Gasteiger partial charge < -0.3 is 9.84 Å². The van der Waals surface area contributed by atoms with Gasteiger partial charge >= 0.3 is 0 Å². The number of hydrogen-bond acceptors (Lipinski definition) is 3. The number of pyridine rings is 1. The van der Waals surface area contributed by atoms with Crippen molar-refractivity contribution in [1.82, 2.24) is 4.98 Å². The molecule has 0 unspecified atom stereocenters. The normalized spacial score (nSPS) is 11.7. The molecule has 0 aliphatic carbocycles. The van der Waals surface area contributed by atoms with Gasteiger partial charge in [-0.3, -0.25) is 4.98 Å². The van der Waals surface area contributed by atoms with Crippen molar-refractivity contribution in [2.24, 2.45) is 0 Å². The molecule has 3 heteroatoms. The molecule has 1 heterocycles. The molecule has 1 aromatic heterocycles. The number of ether oxygens (including phenoxy) is 1. The van der Waals surface area contributed by atoms with E-state index in [2.05, 4.69) is 42.2 Å². The molecule has 0 aliphatic rings. The van der Waals surface area contributed by atoms with Gasteiger partial charge in [-0.15, -0.1) is 0 Å². The average molecular weight is 325 g/mol. The predicted molar refractivity (Wildman–Crippen MR) is 98.6 cm³/mol. The lowest BCUT2D eigenvalue weighted by Crippen LogP contribution is -1.99. The smallest absolute Gasteiger partial charge is 0.0716 e. The fourth-order valence-electron chi connectivity index (χ4n) is 2.61. The number of aliphatic hydroxyl groups is 1. The van der Waals surface area contributed by atoms with E-state index in [0.717, 1.165) is 37.1 Å². The van der Waals surface area contributed by atoms with E-state index in [4.69, 9.17) is 9.84 Å². The Labute approximate surface area is 145 Å². The highest BCUT2D eigenvalue weighted by atomic mass is 16.5. The van der Waals surface area contributed by atoms with Gasteiger partial charge in [-0.1, -0.05) is 49.4 Å². The summed E-state index contributed by atoms with van der Waals surface area (Å²) in [6.45, 7) is 3.68. The van der Waals surface area contributed by atoms with Gasteiger partial charge in [-0.25, -0.2) is 0 Å². The molecule has 128 valence electrons. The fraction of sp³-hybridized carbons (Fsp3) is 0.381. The summed E-state index contributed by atoms with van der Waals surface area (Å²) >= 11 is 0. The third-order valence-corrected chi connectivity index (χ3v) is 3.86. The van der Waals surface area contributed by atoms with Crippen LogP contribution in [0.5, 0.6) is 0 Å². The van der Waals surface area contributed by atoms with Crippen LogP contribution in [0.2, 0.25) is 0 Å². The molecule has 0 saturated carbocycles. The van der Waals surface area contributed by atoms with Crippen LogP contribution >= 0.6 is 0 Å². The molecule has 0 bridgehead atoms. The van der Waals surface area contributed by atoms with Crippen LogP contribution in [0.4, 0.5) is 0 Å². The Balaban J connectivity index is 1.74. The number of aromatic nitrogens is 1. The first-order valence-corrected chi connectivity index (χ1v) is 8.70. The van der Waals surface area contributed by atoms with Crippen LogP contribution in [-0.4, -0.2) is 23.3 Å². The zero-order valence-corrected chi connectivity index (χ0v) is 14.4. The first-order chi connectivity index (χ1) is 11.8. The van der Waals surface area contributed by atoms with Crippen molar-refractivity contribution < 1.29 is 9.84 Å². The van der Waals surface area contributed by atoms with E-state index in [1.165, 1.54) is 11.1 Å². The van der Waals surface area contributed by atoms with Gasteiger partial charge in [0.1, 0.15) is 0 Å². The molecule has 0 spiro atoms. The van der Waals surface area contributed by atoms with Gasteiger partial charge in [0.2, 0.25) is 0 Å². The number of rotatable bonds is 10. The van der Waals surface area contributed by atoms with Gasteiger partial charge in [0, 0.05) is 25.1 Å². The maximum Gasteiger partial charge on any atom is 0.0716 e. The number of allylic oxidation sites excluding steroid dienone is 1. The van der Waals surface area contributed by atoms with Crippen molar-refractivity contribution in [1.29, 1.82) is 0 Å². The van der Waals surface area contributed by atoms with Gasteiger partial charge in [-0.2, -0.15) is 0 Å². The van der Waals surface area contributed by atoms with Crippen LogP contribution in [0.25, 0.3) is 5.57 Å². The monoisotopic (exact) mass is 325 g/mol. The summed E-state index contributed by atoms with van der Waals surface area (Å²) in [5, 5.41) is 9.15. The topological polar surface area (TPSA) is 42.4 Å². The lowest BCUT2D eigenvalue weighted by molar-refractivity contribution is 0.118. The van der Waals surface area contributed by atoms with E-state index in [1.807, 2.05) is 24.4 Å². The van der Waals surface area contributed by atoms with E-state index >= 15 is 0 Å². The van der Waals surface area contributed by atoms with Crippen molar-refractivity contribution in [3.05, 3.63) is 71.6 Å². The first kappa shape index (κ1) is 18.4. The predicted octanol–water partition coefficient (Wildman–Crippen LogP) is 4.41. The highest BCUT2D eigenvalue weighted by molar-refractivity contribution is 5.64. The van der Waals surface area contributed by atoms with Crippen molar-refractivity contribution in [2.75, 3.05) is 13.2 Å². The summed E-state index contributed by atoms with van der Waals surface area (Å²) < 4.78 is 5.70. The maximum absolute atomic E-state index is 9.15. The van der Waals surface area contributed by atoms with E-state index < -0.39 is 0 Å². The maximum atomic E-state index is 9.15. The van der Waals surface area contributed by atoms with Gasteiger partial charge in [0.15, 0.2) is 0 Å². The number of nitrogens with zero attached hydrogens (tertiary/aromatic N) is 1. The van der Waals surface area contributed by atoms with Crippen LogP contribution in [0.15, 0.2) is 54.7 Å². The Morgan fingerprint density at radius 3 is 2.67 bits per heavy atom. The van der Waals surface area contributed by atoms with Gasteiger partial charge in [0.05, 0.1) is 6.61 Å². The Bertz CT molecular complexity index is 605. The van der Waals surface area contributed by atoms with Crippen molar-refractivity contribution in [2.45, 2.75) is 39.2 Å². The third-order valence-electron chi connectivity index (χ3n) is 3.86. The molecule has 2 rings (SSSR count). The molecular weight excluding hydrogens is 298 g/mol. The highest BCUT2D eigenvalue weighted by Crippen LogP contribution is 2.18. The number of aryl methyl sites for hydroxylation is 1. The Morgan fingerprint density at radius 1 is 1.17 bits per heavy atom. The Morgan fingerprint density at radius 2 is 2.00 bits per heavy atom. The van der Waals surface area contributed by atoms with E-state index in [9.17, 15) is 0 Å². The third kappa shape index (κ3) is 6.26. The molecule has 0 radical (unpaired) electrons. The molecule has 0 atom stereocenters. The summed E-state index contributed by atoms with van der Waals surface area (Å²) in [5.74, 6) is 0. The Hall–Kier alpha value is -1.97. The summed E-state index contributed by atoms with van der Waals surface area (Å²) in [6, 6.07) is 14.4. The fourth-order valence-corrected chi connectivity index (χ4v) is 2.61. The van der Waals surface area contributed by atoms with Crippen molar-refractivity contribution in [3.8, 4) is 0 Å². The second-order valence-corrected chi connectivity index (χ2v) is 5.79. The molecule has 0 fully saturated rings. The lowest BCUT2D eigenvalue weighted by Gasteiger charge is -2.08. The molecular formula is C21H27NO2. The molecule has 0 saturated heterocycles. The van der Waals surface area contributed by atoms with Crippen LogP contribution < -0.4 is 0 Å². The quantitative estimate of drug-likeness (QED) is 0.658. The lowest BCUT2D eigenvalue weighted by atomic mass is 10.0. The second kappa shape index (κ2) is 10.7. The zero-order chi connectivity index (χ0) is 17.0. The SMILES string of the molecule is CC/C=C(\CCO)c1ccc(CCCOCc2ccccc2)nc1. The number of aliphatic hydroxyl groups excluding tert-OH is 1. The minimum atomic E-state index is 0.173. The highest BCUT2D eigenvalue weighted by Gasteiger charge is 2.02. The molecule has 1 N–H and O–H groups in total. The van der Waals surface area contributed by atoms with Crippen molar-refractivity contribution in [3.63, 3.8) is 0 Å². The molecule has 3 nitrogen and oxygen atoms in total. The van der Waals surface area contributed by atoms with Gasteiger partial charge in [-0.05, 0) is 48.4 Å². The van der Waals surface area contributed by atoms with E-state index in [-0.39, 0.29) is 6.61 Å². The summed E-state index contributed by atoms with van der Waals surface area (Å²) in [7, 11) is 0. The Kier molecular flexibility index (Phi) is 8.22. The van der Waals surface area contributed by atoms with Crippen LogP contribution in [0, 0.1) is 0 Å². The summed E-state index contributed by atoms with van der Waals surface area (Å²) in [4.78, 5) is 4.54. The summed E-state index contributed by atoms with van der Waals surface area (Å²) in [5.41, 5.74) is 4.57. The van der Waals surface area contributed by atoms with Crippen molar-refractivity contribution >= 4 is 5.57 Å². The molecule has 0 aliphatic heterocycles. The molecule has 24 heavy (non-hydrogen) atoms. The number of hydrogen-bond donors (Lipinski definition) is 1. The van der Waals surface area contributed by atoms with E-state index in [0.29, 0.717) is 13.0 Å². The first-order valence-electron chi connectivity index (χ1n) is 8.70. The minimum Gasteiger partial charge on any atom is -0.396 e. The minimum absolute atomic E-state index is 0.173. The standard InChI is InChI=1S/C21H27NO2/c1-2-7-19(13-14-23)20-11-12-21(22-16-20)10-6-15-24-17-18-8-4-3-5-9-18/h3-5,7-9,11-12,16,23H,2,6,10,13-15,17H2,1H3/b19-7+. The average Bonchev–Trinajstić information content (AvgIpc) is 2.63. The van der Waals surface area contributed by atoms with Crippen LogP contribution in [0.1, 0.15) is 43.0 Å². The summed E-state index contributed by atoms with van der Waals surface area (Å²) in [6.07, 6.45) is 7.61. The van der Waals surface area contributed by atoms with Crippen LogP contribution in [-0.2, 0) is 17.8 Å². The number of benzene rings is 1. The molecule has 0 amide bonds. The second-order valence-electron chi connectivity index (χ2n) is 5.79. The van der Waals surface area contributed by atoms with Crippen LogP contribution in [0.3, 0.4) is 0 Å².